The summed E-state index contributed by atoms with van der Waals surface area (Å²) in [4.78, 5) is 22.7. The van der Waals surface area contributed by atoms with Crippen LogP contribution in [-0.4, -0.2) is 55.3 Å². The van der Waals surface area contributed by atoms with E-state index in [-0.39, 0.29) is 6.42 Å². The quantitative estimate of drug-likeness (QED) is 0.226. The van der Waals surface area contributed by atoms with Crippen molar-refractivity contribution < 1.29 is 23.9 Å². The lowest BCUT2D eigenvalue weighted by molar-refractivity contribution is -0.873. The fourth-order valence-corrected chi connectivity index (χ4v) is 2.55. The van der Waals surface area contributed by atoms with Crippen molar-refractivity contribution in [3.63, 3.8) is 0 Å². The van der Waals surface area contributed by atoms with Gasteiger partial charge in [-0.2, -0.15) is 0 Å². The average Bonchev–Trinajstić information content (AvgIpc) is 2.42. The van der Waals surface area contributed by atoms with Crippen LogP contribution in [0.1, 0.15) is 64.7 Å². The second-order valence-corrected chi connectivity index (χ2v) is 7.44. The van der Waals surface area contributed by atoms with Crippen LogP contribution in [0.5, 0.6) is 0 Å². The Balaban J connectivity index is 3.99. The number of hydrogen-bond donors (Lipinski definition) is 1. The van der Waals surface area contributed by atoms with E-state index >= 15 is 0 Å². The van der Waals surface area contributed by atoms with Crippen molar-refractivity contribution in [1.29, 1.82) is 0 Å². The van der Waals surface area contributed by atoms with Crippen molar-refractivity contribution in [3.8, 4) is 0 Å². The van der Waals surface area contributed by atoms with Crippen LogP contribution in [0.15, 0.2) is 12.2 Å². The van der Waals surface area contributed by atoms with Gasteiger partial charge >= 0.3 is 11.9 Å². The first-order chi connectivity index (χ1) is 11.2. The molecule has 0 heterocycles. The van der Waals surface area contributed by atoms with E-state index in [1.165, 1.54) is 44.6 Å². The van der Waals surface area contributed by atoms with Gasteiger partial charge in [-0.1, -0.05) is 51.5 Å². The summed E-state index contributed by atoms with van der Waals surface area (Å²) < 4.78 is 5.84. The van der Waals surface area contributed by atoms with E-state index in [0.29, 0.717) is 11.0 Å². The number of allylic oxidation sites excluding steroid dienone is 1. The van der Waals surface area contributed by atoms with Gasteiger partial charge < -0.3 is 14.3 Å². The molecule has 0 bridgehead atoms. The van der Waals surface area contributed by atoms with Crippen LogP contribution in [0, 0.1) is 0 Å². The van der Waals surface area contributed by atoms with E-state index in [9.17, 15) is 9.59 Å². The SMILES string of the molecule is CCCCCCCCC/C=C/C(=O)O[C@H](CC(=O)O)C[N+](C)(C)C. The van der Waals surface area contributed by atoms with Crippen molar-refractivity contribution in [2.45, 2.75) is 70.8 Å². The van der Waals surface area contributed by atoms with Gasteiger partial charge in [0.1, 0.15) is 6.54 Å². The largest absolute Gasteiger partial charge is 0.481 e. The topological polar surface area (TPSA) is 63.6 Å². The normalized spacial score (nSPS) is 13.2. The lowest BCUT2D eigenvalue weighted by Gasteiger charge is -2.28. The standard InChI is InChI=1S/C19H35NO4/c1-5-6-7-8-9-10-11-12-13-14-19(23)24-17(15-18(21)22)16-20(2,3)4/h13-14,17H,5-12,15-16H2,1-4H3/p+1/b14-13+/t17-/m1/s1. The monoisotopic (exact) mass is 342 g/mol. The van der Waals surface area contributed by atoms with Gasteiger partial charge in [-0.15, -0.1) is 0 Å². The molecule has 0 aromatic carbocycles. The summed E-state index contributed by atoms with van der Waals surface area (Å²) in [6.45, 7) is 2.69. The maximum absolute atomic E-state index is 11.8. The van der Waals surface area contributed by atoms with Gasteiger partial charge in [-0.05, 0) is 12.8 Å². The fraction of sp³-hybridized carbons (Fsp3) is 0.789. The van der Waals surface area contributed by atoms with Crippen molar-refractivity contribution in [2.24, 2.45) is 0 Å². The Labute approximate surface area is 147 Å². The molecule has 0 aromatic rings. The van der Waals surface area contributed by atoms with Crippen molar-refractivity contribution in [1.82, 2.24) is 0 Å². The van der Waals surface area contributed by atoms with Gasteiger partial charge in [0.2, 0.25) is 0 Å². The Morgan fingerprint density at radius 3 is 2.17 bits per heavy atom. The number of unbranched alkanes of at least 4 members (excludes halogenated alkanes) is 7. The number of quaternary nitrogens is 1. The summed E-state index contributed by atoms with van der Waals surface area (Å²) in [5.74, 6) is -1.40. The molecule has 0 unspecified atom stereocenters. The maximum atomic E-state index is 11.8. The second kappa shape index (κ2) is 13.0. The highest BCUT2D eigenvalue weighted by atomic mass is 16.5. The summed E-state index contributed by atoms with van der Waals surface area (Å²) >= 11 is 0. The minimum Gasteiger partial charge on any atom is -0.481 e. The third-order valence-electron chi connectivity index (χ3n) is 3.66. The van der Waals surface area contributed by atoms with Crippen LogP contribution in [0.3, 0.4) is 0 Å². The number of ether oxygens (including phenoxy) is 1. The highest BCUT2D eigenvalue weighted by Gasteiger charge is 2.23. The summed E-state index contributed by atoms with van der Waals surface area (Å²) in [5, 5.41) is 8.93. The molecule has 0 radical (unpaired) electrons. The third-order valence-corrected chi connectivity index (χ3v) is 3.66. The molecular weight excluding hydrogens is 306 g/mol. The Morgan fingerprint density at radius 1 is 1.04 bits per heavy atom. The Hall–Kier alpha value is -1.36. The number of nitrogens with zero attached hydrogens (tertiary/aromatic N) is 1. The Morgan fingerprint density at radius 2 is 1.62 bits per heavy atom. The van der Waals surface area contributed by atoms with Gasteiger partial charge in [0.05, 0.1) is 27.6 Å². The van der Waals surface area contributed by atoms with Crippen LogP contribution < -0.4 is 0 Å². The van der Waals surface area contributed by atoms with E-state index in [4.69, 9.17) is 9.84 Å². The minimum atomic E-state index is -0.951. The van der Waals surface area contributed by atoms with E-state index in [1.807, 2.05) is 27.2 Å². The molecule has 0 rings (SSSR count). The Kier molecular flexibility index (Phi) is 12.3. The number of carboxylic acid groups (broad SMARTS) is 1. The highest BCUT2D eigenvalue weighted by Crippen LogP contribution is 2.09. The first-order valence-electron chi connectivity index (χ1n) is 9.14. The van der Waals surface area contributed by atoms with Crippen LogP contribution in [0.4, 0.5) is 0 Å². The zero-order valence-corrected chi connectivity index (χ0v) is 15.9. The number of aliphatic carboxylic acids is 1. The molecule has 5 nitrogen and oxygen atoms in total. The van der Waals surface area contributed by atoms with Gasteiger partial charge in [0, 0.05) is 6.08 Å². The molecule has 0 fully saturated rings. The van der Waals surface area contributed by atoms with E-state index in [1.54, 1.807) is 0 Å². The number of hydrogen-bond acceptors (Lipinski definition) is 3. The number of likely N-dealkylation sites (N-methyl/N-ethyl adjacent to an activating group) is 1. The molecule has 1 atom stereocenters. The molecule has 0 aliphatic carbocycles. The van der Waals surface area contributed by atoms with E-state index < -0.39 is 18.0 Å². The number of esters is 1. The molecule has 5 heteroatoms. The first-order valence-corrected chi connectivity index (χ1v) is 9.14. The molecule has 0 saturated carbocycles. The van der Waals surface area contributed by atoms with Gasteiger partial charge in [-0.25, -0.2) is 4.79 Å². The number of carbonyl (C=O) groups excluding carboxylic acids is 1. The Bertz CT molecular complexity index is 385. The number of carboxylic acids is 1. The molecule has 0 amide bonds. The summed E-state index contributed by atoms with van der Waals surface area (Å²) in [6, 6.07) is 0. The van der Waals surface area contributed by atoms with Crippen LogP contribution in [0.25, 0.3) is 0 Å². The molecule has 1 N–H and O–H groups in total. The summed E-state index contributed by atoms with van der Waals surface area (Å²) in [7, 11) is 5.83. The summed E-state index contributed by atoms with van der Waals surface area (Å²) in [6.07, 6.45) is 12.1. The van der Waals surface area contributed by atoms with Gasteiger partial charge in [0.15, 0.2) is 6.10 Å². The number of carbonyl (C=O) groups is 2. The lowest BCUT2D eigenvalue weighted by Crippen LogP contribution is -2.43. The van der Waals surface area contributed by atoms with Crippen molar-refractivity contribution in [2.75, 3.05) is 27.7 Å². The molecule has 140 valence electrons. The van der Waals surface area contributed by atoms with Gasteiger partial charge in [-0.3, -0.25) is 4.79 Å². The van der Waals surface area contributed by atoms with Crippen LogP contribution >= 0.6 is 0 Å². The zero-order chi connectivity index (χ0) is 18.4. The molecular formula is C19H36NO4+. The van der Waals surface area contributed by atoms with Crippen LogP contribution in [-0.2, 0) is 14.3 Å². The zero-order valence-electron chi connectivity index (χ0n) is 15.9. The fourth-order valence-electron chi connectivity index (χ4n) is 2.55. The van der Waals surface area contributed by atoms with E-state index in [2.05, 4.69) is 6.92 Å². The molecule has 0 aliphatic heterocycles. The van der Waals surface area contributed by atoms with Crippen molar-refractivity contribution >= 4 is 11.9 Å². The first kappa shape index (κ1) is 22.6. The highest BCUT2D eigenvalue weighted by molar-refractivity contribution is 5.82. The third kappa shape index (κ3) is 15.5. The second-order valence-electron chi connectivity index (χ2n) is 7.44. The number of rotatable bonds is 14. The summed E-state index contributed by atoms with van der Waals surface area (Å²) in [5.41, 5.74) is 0. The molecule has 0 aromatic heterocycles. The molecule has 0 saturated heterocycles. The maximum Gasteiger partial charge on any atom is 0.330 e. The predicted molar refractivity (Wildman–Crippen MR) is 96.8 cm³/mol. The smallest absolute Gasteiger partial charge is 0.330 e. The average molecular weight is 343 g/mol. The van der Waals surface area contributed by atoms with Crippen molar-refractivity contribution in [3.05, 3.63) is 12.2 Å². The van der Waals surface area contributed by atoms with Gasteiger partial charge in [0.25, 0.3) is 0 Å². The van der Waals surface area contributed by atoms with E-state index in [0.717, 1.165) is 12.8 Å². The predicted octanol–water partition coefficient (Wildman–Crippen LogP) is 3.78. The molecule has 0 aliphatic rings. The van der Waals surface area contributed by atoms with Crippen LogP contribution in [0.2, 0.25) is 0 Å². The minimum absolute atomic E-state index is 0.160. The molecule has 0 spiro atoms. The lowest BCUT2D eigenvalue weighted by atomic mass is 10.1. The molecule has 24 heavy (non-hydrogen) atoms.